The predicted molar refractivity (Wildman–Crippen MR) is 110 cm³/mol. The summed E-state index contributed by atoms with van der Waals surface area (Å²) in [7, 11) is 1.95. The number of rotatable bonds is 3. The average Bonchev–Trinajstić information content (AvgIpc) is 3.31. The van der Waals surface area contributed by atoms with Crippen molar-refractivity contribution < 1.29 is 4.79 Å². The van der Waals surface area contributed by atoms with Crippen molar-refractivity contribution in [2.45, 2.75) is 6.04 Å². The zero-order chi connectivity index (χ0) is 17.2. The maximum Gasteiger partial charge on any atom is 0.266 e. The third-order valence-corrected chi connectivity index (χ3v) is 5.34. The van der Waals surface area contributed by atoms with Crippen molar-refractivity contribution in [1.29, 1.82) is 0 Å². The summed E-state index contributed by atoms with van der Waals surface area (Å²) >= 11 is 1.41. The van der Waals surface area contributed by atoms with E-state index in [1.54, 1.807) is 24.8 Å². The van der Waals surface area contributed by atoms with Crippen molar-refractivity contribution in [2.75, 3.05) is 19.6 Å². The monoisotopic (exact) mass is 426 g/mol. The van der Waals surface area contributed by atoms with Gasteiger partial charge in [-0.2, -0.15) is 0 Å². The number of nitrogens with zero attached hydrogens (tertiary/aromatic N) is 5. The summed E-state index contributed by atoms with van der Waals surface area (Å²) in [6.45, 7) is 2.13. The maximum atomic E-state index is 13.1. The van der Waals surface area contributed by atoms with Crippen LogP contribution in [0, 0.1) is 0 Å². The molecule has 0 spiro atoms. The molecule has 7 nitrogen and oxygen atoms in total. The Morgan fingerprint density at radius 2 is 2.00 bits per heavy atom. The zero-order valence-corrected chi connectivity index (χ0v) is 17.1. The Balaban J connectivity index is 0.00000131. The van der Waals surface area contributed by atoms with Crippen molar-refractivity contribution >= 4 is 42.1 Å². The fraction of sp³-hybridized carbons (Fsp3) is 0.294. The van der Waals surface area contributed by atoms with E-state index in [9.17, 15) is 4.79 Å². The van der Waals surface area contributed by atoms with Gasteiger partial charge in [0.1, 0.15) is 21.8 Å². The highest BCUT2D eigenvalue weighted by atomic mass is 35.5. The van der Waals surface area contributed by atoms with E-state index in [-0.39, 0.29) is 36.8 Å². The van der Waals surface area contributed by atoms with Gasteiger partial charge in [-0.25, -0.2) is 9.97 Å². The Hall–Kier alpha value is -2.00. The number of nitrogens with one attached hydrogen (secondary N) is 1. The van der Waals surface area contributed by atoms with Crippen LogP contribution in [0.15, 0.2) is 43.1 Å². The highest BCUT2D eigenvalue weighted by Crippen LogP contribution is 2.28. The van der Waals surface area contributed by atoms with Gasteiger partial charge >= 0.3 is 0 Å². The molecule has 0 aromatic carbocycles. The summed E-state index contributed by atoms with van der Waals surface area (Å²) in [6.07, 6.45) is 8.79. The van der Waals surface area contributed by atoms with Crippen LogP contribution in [0.4, 0.5) is 0 Å². The number of halogens is 2. The molecule has 1 aliphatic heterocycles. The van der Waals surface area contributed by atoms with Crippen LogP contribution in [-0.4, -0.2) is 50.0 Å². The number of thiazole rings is 1. The summed E-state index contributed by atoms with van der Waals surface area (Å²) in [5.41, 5.74) is 0.972. The molecule has 3 aromatic rings. The number of hydrogen-bond acceptors (Lipinski definition) is 6. The molecule has 4 heterocycles. The largest absolute Gasteiger partial charge is 0.336 e. The van der Waals surface area contributed by atoms with Crippen molar-refractivity contribution in [3.8, 4) is 10.6 Å². The van der Waals surface area contributed by atoms with Crippen LogP contribution in [0.5, 0.6) is 0 Å². The van der Waals surface area contributed by atoms with E-state index in [1.807, 2.05) is 34.8 Å². The molecule has 1 N–H and O–H groups in total. The van der Waals surface area contributed by atoms with Gasteiger partial charge in [0.2, 0.25) is 0 Å². The van der Waals surface area contributed by atoms with Crippen LogP contribution in [0.25, 0.3) is 10.6 Å². The van der Waals surface area contributed by atoms with E-state index >= 15 is 0 Å². The van der Waals surface area contributed by atoms with Crippen LogP contribution in [0.2, 0.25) is 0 Å². The molecule has 1 fully saturated rings. The van der Waals surface area contributed by atoms with Gasteiger partial charge in [0.15, 0.2) is 0 Å². The van der Waals surface area contributed by atoms with Crippen molar-refractivity contribution in [3.63, 3.8) is 0 Å². The van der Waals surface area contributed by atoms with Gasteiger partial charge in [-0.15, -0.1) is 36.2 Å². The normalized spacial score (nSPS) is 16.3. The molecule has 1 saturated heterocycles. The molecule has 1 atom stereocenters. The second kappa shape index (κ2) is 9.27. The second-order valence-electron chi connectivity index (χ2n) is 5.88. The SMILES string of the molecule is Cl.Cl.Cn1ccnc1C1CNCCN1C(=O)c1cnc(-c2ccncc2)s1. The first-order valence-corrected chi connectivity index (χ1v) is 8.91. The standard InChI is InChI=1S/C17H18N6OS.2ClH/c1-22-8-7-20-15(22)13-10-19-6-9-23(13)17(24)14-11-21-16(25-14)12-2-4-18-5-3-12;;/h2-5,7-8,11,13,19H,6,9-10H2,1H3;2*1H. The topological polar surface area (TPSA) is 75.9 Å². The molecule has 0 aliphatic carbocycles. The van der Waals surface area contributed by atoms with Gasteiger partial charge in [-0.05, 0) is 12.1 Å². The Morgan fingerprint density at radius 1 is 1.22 bits per heavy atom. The molecule has 144 valence electrons. The van der Waals surface area contributed by atoms with E-state index in [4.69, 9.17) is 0 Å². The van der Waals surface area contributed by atoms with E-state index in [2.05, 4.69) is 20.3 Å². The lowest BCUT2D eigenvalue weighted by molar-refractivity contribution is 0.0625. The first-order valence-electron chi connectivity index (χ1n) is 8.09. The molecule has 10 heteroatoms. The Labute approximate surface area is 173 Å². The number of aryl methyl sites for hydroxylation is 1. The van der Waals surface area contributed by atoms with Crippen LogP contribution in [-0.2, 0) is 7.05 Å². The molecule has 0 radical (unpaired) electrons. The van der Waals surface area contributed by atoms with Crippen molar-refractivity contribution in [3.05, 3.63) is 53.8 Å². The minimum atomic E-state index is -0.0762. The molecular weight excluding hydrogens is 407 g/mol. The molecular formula is C17H20Cl2N6OS. The Morgan fingerprint density at radius 3 is 2.70 bits per heavy atom. The van der Waals surface area contributed by atoms with E-state index in [0.29, 0.717) is 18.0 Å². The zero-order valence-electron chi connectivity index (χ0n) is 14.6. The molecule has 4 rings (SSSR count). The van der Waals surface area contributed by atoms with Gasteiger partial charge in [0.25, 0.3) is 5.91 Å². The number of pyridine rings is 1. The molecule has 1 amide bonds. The average molecular weight is 427 g/mol. The number of amides is 1. The lowest BCUT2D eigenvalue weighted by Gasteiger charge is -2.35. The Bertz CT molecular complexity index is 884. The minimum Gasteiger partial charge on any atom is -0.336 e. The molecule has 27 heavy (non-hydrogen) atoms. The lowest BCUT2D eigenvalue weighted by atomic mass is 10.1. The van der Waals surface area contributed by atoms with Gasteiger partial charge in [0.05, 0.1) is 6.20 Å². The first-order chi connectivity index (χ1) is 12.2. The number of carbonyl (C=O) groups is 1. The maximum absolute atomic E-state index is 13.1. The lowest BCUT2D eigenvalue weighted by Crippen LogP contribution is -2.49. The van der Waals surface area contributed by atoms with Gasteiger partial charge in [0, 0.05) is 57.0 Å². The fourth-order valence-electron chi connectivity index (χ4n) is 3.02. The number of hydrogen-bond donors (Lipinski definition) is 1. The number of aromatic nitrogens is 4. The van der Waals surface area contributed by atoms with Gasteiger partial charge < -0.3 is 14.8 Å². The van der Waals surface area contributed by atoms with Gasteiger partial charge in [-0.1, -0.05) is 0 Å². The van der Waals surface area contributed by atoms with E-state index in [1.165, 1.54) is 11.3 Å². The molecule has 0 bridgehead atoms. The summed E-state index contributed by atoms with van der Waals surface area (Å²) in [5.74, 6) is 0.895. The van der Waals surface area contributed by atoms with Gasteiger partial charge in [-0.3, -0.25) is 9.78 Å². The Kier molecular flexibility index (Phi) is 7.32. The third kappa shape index (κ3) is 4.30. The van der Waals surface area contributed by atoms with E-state index < -0.39 is 0 Å². The summed E-state index contributed by atoms with van der Waals surface area (Å²) in [5, 5.41) is 4.18. The minimum absolute atomic E-state index is 0. The number of carbonyl (C=O) groups excluding carboxylic acids is 1. The molecule has 3 aromatic heterocycles. The number of imidazole rings is 1. The summed E-state index contributed by atoms with van der Waals surface area (Å²) < 4.78 is 1.97. The smallest absolute Gasteiger partial charge is 0.266 e. The fourth-order valence-corrected chi connectivity index (χ4v) is 3.90. The first kappa shape index (κ1) is 21.3. The van der Waals surface area contributed by atoms with Crippen molar-refractivity contribution in [2.24, 2.45) is 7.05 Å². The quantitative estimate of drug-likeness (QED) is 0.696. The van der Waals surface area contributed by atoms with Crippen molar-refractivity contribution in [1.82, 2.24) is 29.7 Å². The molecule has 0 saturated carbocycles. The van der Waals surface area contributed by atoms with Crippen LogP contribution >= 0.6 is 36.2 Å². The summed E-state index contributed by atoms with van der Waals surface area (Å²) in [4.78, 5) is 28.5. The summed E-state index contributed by atoms with van der Waals surface area (Å²) in [6, 6.07) is 3.72. The van der Waals surface area contributed by atoms with E-state index in [0.717, 1.165) is 22.9 Å². The second-order valence-corrected chi connectivity index (χ2v) is 6.91. The van der Waals surface area contributed by atoms with Crippen LogP contribution < -0.4 is 5.32 Å². The highest BCUT2D eigenvalue weighted by Gasteiger charge is 2.32. The van der Waals surface area contributed by atoms with Crippen LogP contribution in [0.1, 0.15) is 21.5 Å². The molecule has 1 unspecified atom stereocenters. The molecule has 1 aliphatic rings. The van der Waals surface area contributed by atoms with Crippen LogP contribution in [0.3, 0.4) is 0 Å². The third-order valence-electron chi connectivity index (χ3n) is 4.30. The predicted octanol–water partition coefficient (Wildman–Crippen LogP) is 2.57. The number of piperazine rings is 1. The highest BCUT2D eigenvalue weighted by molar-refractivity contribution is 7.16.